The van der Waals surface area contributed by atoms with Crippen molar-refractivity contribution < 1.29 is 14.3 Å². The molecule has 1 aliphatic rings. The summed E-state index contributed by atoms with van der Waals surface area (Å²) in [5.74, 6) is 1.65. The Bertz CT molecular complexity index is 683. The summed E-state index contributed by atoms with van der Waals surface area (Å²) in [5.41, 5.74) is 0.678. The van der Waals surface area contributed by atoms with Crippen molar-refractivity contribution in [2.75, 3.05) is 52.9 Å². The number of guanidine groups is 1. The van der Waals surface area contributed by atoms with E-state index in [0.717, 1.165) is 50.0 Å². The lowest BCUT2D eigenvalue weighted by Gasteiger charge is -2.35. The van der Waals surface area contributed by atoms with Crippen LogP contribution in [0.3, 0.4) is 0 Å². The van der Waals surface area contributed by atoms with Gasteiger partial charge in [-0.05, 0) is 45.4 Å². The van der Waals surface area contributed by atoms with Crippen LogP contribution < -0.4 is 15.4 Å². The van der Waals surface area contributed by atoms with Crippen LogP contribution in [0.2, 0.25) is 0 Å². The molecule has 1 heterocycles. The van der Waals surface area contributed by atoms with Crippen LogP contribution in [0, 0.1) is 0 Å². The van der Waals surface area contributed by atoms with Gasteiger partial charge in [0.05, 0.1) is 13.7 Å². The Kier molecular flexibility index (Phi) is 12.0. The first-order valence-corrected chi connectivity index (χ1v) is 10.7. The number of ether oxygens (including phenoxy) is 2. The molecule has 1 fully saturated rings. The maximum atomic E-state index is 12.2. The number of nitrogens with one attached hydrogen (secondary N) is 2. The number of halogens is 1. The van der Waals surface area contributed by atoms with Crippen LogP contribution in [0.15, 0.2) is 29.3 Å². The first-order chi connectivity index (χ1) is 14.3. The monoisotopic (exact) mass is 547 g/mol. The van der Waals surface area contributed by atoms with Crippen molar-refractivity contribution >= 4 is 36.0 Å². The molecule has 31 heavy (non-hydrogen) atoms. The maximum Gasteiger partial charge on any atom is 0.410 e. The molecule has 0 radical (unpaired) electrons. The molecule has 176 valence electrons. The Hall–Kier alpha value is -1.75. The van der Waals surface area contributed by atoms with E-state index in [2.05, 4.69) is 27.4 Å². The molecule has 9 heteroatoms. The molecule has 0 aliphatic carbocycles. The third-order valence-electron chi connectivity index (χ3n) is 4.67. The van der Waals surface area contributed by atoms with Gasteiger partial charge in [0, 0.05) is 45.8 Å². The molecule has 1 saturated heterocycles. The smallest absolute Gasteiger partial charge is 0.410 e. The molecule has 8 nitrogen and oxygen atoms in total. The van der Waals surface area contributed by atoms with Crippen molar-refractivity contribution in [1.29, 1.82) is 0 Å². The van der Waals surface area contributed by atoms with Gasteiger partial charge in [0.1, 0.15) is 11.4 Å². The predicted octanol–water partition coefficient (Wildman–Crippen LogP) is 2.92. The quantitative estimate of drug-likeness (QED) is 0.311. The Morgan fingerprint density at radius 3 is 2.29 bits per heavy atom. The highest BCUT2D eigenvalue weighted by atomic mass is 127. The number of hydrogen-bond donors (Lipinski definition) is 2. The molecule has 0 atom stereocenters. The molecule has 1 aromatic rings. The third kappa shape index (κ3) is 10.4. The Morgan fingerprint density at radius 1 is 1.10 bits per heavy atom. The van der Waals surface area contributed by atoms with Crippen LogP contribution in [-0.4, -0.2) is 80.4 Å². The Morgan fingerprint density at radius 2 is 1.74 bits per heavy atom. The van der Waals surface area contributed by atoms with Gasteiger partial charge in [-0.15, -0.1) is 24.0 Å². The molecule has 0 unspecified atom stereocenters. The van der Waals surface area contributed by atoms with E-state index in [-0.39, 0.29) is 30.1 Å². The summed E-state index contributed by atoms with van der Waals surface area (Å²) in [5, 5.41) is 6.68. The summed E-state index contributed by atoms with van der Waals surface area (Å²) in [6, 6.07) is 7.94. The van der Waals surface area contributed by atoms with E-state index in [4.69, 9.17) is 9.47 Å². The topological polar surface area (TPSA) is 78.4 Å². The summed E-state index contributed by atoms with van der Waals surface area (Å²) in [7, 11) is 1.66. The average Bonchev–Trinajstić information content (AvgIpc) is 2.71. The van der Waals surface area contributed by atoms with E-state index in [9.17, 15) is 4.79 Å². The van der Waals surface area contributed by atoms with Crippen LogP contribution in [0.25, 0.3) is 0 Å². The van der Waals surface area contributed by atoms with E-state index >= 15 is 0 Å². The van der Waals surface area contributed by atoms with Crippen LogP contribution >= 0.6 is 24.0 Å². The molecule has 2 N–H and O–H groups in total. The van der Waals surface area contributed by atoms with Gasteiger partial charge in [0.2, 0.25) is 0 Å². The minimum absolute atomic E-state index is 0. The third-order valence-corrected chi connectivity index (χ3v) is 4.67. The number of carbonyl (C=O) groups is 1. The Labute approximate surface area is 203 Å². The summed E-state index contributed by atoms with van der Waals surface area (Å²) < 4.78 is 10.6. The second kappa shape index (κ2) is 13.6. The number of amides is 1. The molecule has 0 saturated carbocycles. The molecule has 1 amide bonds. The van der Waals surface area contributed by atoms with Crippen molar-refractivity contribution in [1.82, 2.24) is 20.4 Å². The fraction of sp³-hybridized carbons (Fsp3) is 0.636. The fourth-order valence-corrected chi connectivity index (χ4v) is 3.06. The first-order valence-electron chi connectivity index (χ1n) is 10.7. The highest BCUT2D eigenvalue weighted by Gasteiger charge is 2.25. The predicted molar refractivity (Wildman–Crippen MR) is 135 cm³/mol. The molecule has 0 bridgehead atoms. The number of benzene rings is 1. The number of hydrogen-bond acceptors (Lipinski definition) is 5. The van der Waals surface area contributed by atoms with E-state index in [1.165, 1.54) is 0 Å². The standard InChI is InChI=1S/C22H37N5O3.HI/c1-6-23-20(25-17-18-7-9-19(29-5)10-8-18)24-11-12-26-13-15-27(16-14-26)21(28)30-22(2,3)4;/h7-10H,6,11-17H2,1-5H3,(H2,23,24,25);1H. The van der Waals surface area contributed by atoms with Crippen LogP contribution in [0.5, 0.6) is 5.75 Å². The minimum atomic E-state index is -0.452. The van der Waals surface area contributed by atoms with Crippen LogP contribution in [0.1, 0.15) is 33.3 Å². The molecular weight excluding hydrogens is 509 g/mol. The molecule has 1 aliphatic heterocycles. The molecule has 2 rings (SSSR count). The Balaban J connectivity index is 0.00000480. The molecule has 1 aromatic carbocycles. The van der Waals surface area contributed by atoms with Gasteiger partial charge >= 0.3 is 6.09 Å². The van der Waals surface area contributed by atoms with Crippen molar-refractivity contribution in [3.63, 3.8) is 0 Å². The van der Waals surface area contributed by atoms with Crippen molar-refractivity contribution in [2.24, 2.45) is 4.99 Å². The zero-order valence-electron chi connectivity index (χ0n) is 19.4. The van der Waals surface area contributed by atoms with Gasteiger partial charge in [-0.1, -0.05) is 12.1 Å². The normalized spacial score (nSPS) is 15.1. The van der Waals surface area contributed by atoms with Crippen LogP contribution in [0.4, 0.5) is 4.79 Å². The largest absolute Gasteiger partial charge is 0.497 e. The lowest BCUT2D eigenvalue weighted by molar-refractivity contribution is 0.0147. The fourth-order valence-electron chi connectivity index (χ4n) is 3.06. The van der Waals surface area contributed by atoms with Crippen molar-refractivity contribution in [3.8, 4) is 5.75 Å². The highest BCUT2D eigenvalue weighted by molar-refractivity contribution is 14.0. The maximum absolute atomic E-state index is 12.2. The number of nitrogens with zero attached hydrogens (tertiary/aromatic N) is 3. The lowest BCUT2D eigenvalue weighted by Crippen LogP contribution is -2.51. The van der Waals surface area contributed by atoms with Gasteiger partial charge in [-0.25, -0.2) is 9.79 Å². The zero-order valence-corrected chi connectivity index (χ0v) is 21.8. The molecular formula is C22H38IN5O3. The van der Waals surface area contributed by atoms with E-state index in [0.29, 0.717) is 19.6 Å². The summed E-state index contributed by atoms with van der Waals surface area (Å²) in [4.78, 5) is 21.0. The van der Waals surface area contributed by atoms with Crippen molar-refractivity contribution in [3.05, 3.63) is 29.8 Å². The minimum Gasteiger partial charge on any atom is -0.497 e. The van der Waals surface area contributed by atoms with Gasteiger partial charge in [-0.2, -0.15) is 0 Å². The van der Waals surface area contributed by atoms with Gasteiger partial charge in [-0.3, -0.25) is 4.90 Å². The number of methoxy groups -OCH3 is 1. The number of rotatable bonds is 7. The van der Waals surface area contributed by atoms with Crippen molar-refractivity contribution in [2.45, 2.75) is 39.8 Å². The highest BCUT2D eigenvalue weighted by Crippen LogP contribution is 2.12. The number of carbonyl (C=O) groups excluding carboxylic acids is 1. The first kappa shape index (κ1) is 27.3. The molecule has 0 spiro atoms. The van der Waals surface area contributed by atoms with Crippen LogP contribution in [-0.2, 0) is 11.3 Å². The summed E-state index contributed by atoms with van der Waals surface area (Å²) >= 11 is 0. The SMILES string of the molecule is CCNC(=NCc1ccc(OC)cc1)NCCN1CCN(C(=O)OC(C)(C)C)CC1.I. The van der Waals surface area contributed by atoms with E-state index in [1.54, 1.807) is 12.0 Å². The zero-order chi connectivity index (χ0) is 22.0. The van der Waals surface area contributed by atoms with Gasteiger partial charge in [0.25, 0.3) is 0 Å². The number of aliphatic imine (C=N–C) groups is 1. The second-order valence-electron chi connectivity index (χ2n) is 8.28. The lowest BCUT2D eigenvalue weighted by atomic mass is 10.2. The molecule has 0 aromatic heterocycles. The van der Waals surface area contributed by atoms with E-state index in [1.807, 2.05) is 45.0 Å². The van der Waals surface area contributed by atoms with E-state index < -0.39 is 5.60 Å². The van der Waals surface area contributed by atoms with Gasteiger partial charge < -0.3 is 25.0 Å². The summed E-state index contributed by atoms with van der Waals surface area (Å²) in [6.45, 7) is 13.9. The summed E-state index contributed by atoms with van der Waals surface area (Å²) in [6.07, 6.45) is -0.222. The van der Waals surface area contributed by atoms with Gasteiger partial charge in [0.15, 0.2) is 5.96 Å². The second-order valence-corrected chi connectivity index (χ2v) is 8.28. The number of piperazine rings is 1. The average molecular weight is 547 g/mol.